The highest BCUT2D eigenvalue weighted by atomic mass is 16.4. The Morgan fingerprint density at radius 1 is 1.57 bits per heavy atom. The van der Waals surface area contributed by atoms with E-state index in [2.05, 4.69) is 19.2 Å². The normalized spacial score (nSPS) is 15.1. The number of hydrogen-bond donors (Lipinski definition) is 3. The molecule has 14 heavy (non-hydrogen) atoms. The Bertz CT molecular complexity index is 158. The van der Waals surface area contributed by atoms with Gasteiger partial charge in [-0.1, -0.05) is 20.3 Å². The Morgan fingerprint density at radius 2 is 2.21 bits per heavy atom. The highest BCUT2D eigenvalue weighted by Gasteiger charge is 2.09. The maximum absolute atomic E-state index is 10.2. The van der Waals surface area contributed by atoms with Gasteiger partial charge in [-0.2, -0.15) is 0 Å². The number of nitrogens with one attached hydrogen (secondary N) is 1. The second kappa shape index (κ2) is 7.76. The van der Waals surface area contributed by atoms with Gasteiger partial charge in [-0.25, -0.2) is 0 Å². The largest absolute Gasteiger partial charge is 0.480 e. The van der Waals surface area contributed by atoms with Crippen molar-refractivity contribution in [1.29, 1.82) is 0 Å². The monoisotopic (exact) mass is 202 g/mol. The van der Waals surface area contributed by atoms with E-state index in [-0.39, 0.29) is 6.54 Å². The molecular weight excluding hydrogens is 180 g/mol. The van der Waals surface area contributed by atoms with E-state index in [0.29, 0.717) is 11.8 Å². The zero-order valence-electron chi connectivity index (χ0n) is 9.12. The van der Waals surface area contributed by atoms with Gasteiger partial charge in [-0.3, -0.25) is 4.79 Å². The highest BCUT2D eigenvalue weighted by molar-refractivity contribution is 5.68. The average Bonchev–Trinajstić information content (AvgIpc) is 2.13. The van der Waals surface area contributed by atoms with E-state index < -0.39 is 5.97 Å². The number of hydrogen-bond acceptors (Lipinski definition) is 3. The topological polar surface area (TPSA) is 75.3 Å². The van der Waals surface area contributed by atoms with Crippen molar-refractivity contribution in [1.82, 2.24) is 5.32 Å². The van der Waals surface area contributed by atoms with Crippen LogP contribution in [0.3, 0.4) is 0 Å². The number of carboxylic acids is 1. The lowest BCUT2D eigenvalue weighted by atomic mass is 9.94. The first-order valence-corrected chi connectivity index (χ1v) is 5.22. The lowest BCUT2D eigenvalue weighted by Crippen LogP contribution is -2.29. The molecule has 0 fully saturated rings. The van der Waals surface area contributed by atoms with E-state index in [4.69, 9.17) is 10.8 Å². The third-order valence-corrected chi connectivity index (χ3v) is 2.42. The van der Waals surface area contributed by atoms with Gasteiger partial charge >= 0.3 is 5.97 Å². The molecule has 0 aliphatic heterocycles. The zero-order valence-corrected chi connectivity index (χ0v) is 9.12. The molecule has 0 bridgehead atoms. The molecule has 0 aromatic heterocycles. The van der Waals surface area contributed by atoms with Crippen molar-refractivity contribution in [3.05, 3.63) is 0 Å². The SMILES string of the molecule is CCC(CN)CC(C)CNCC(=O)O. The van der Waals surface area contributed by atoms with Crippen LogP contribution in [0, 0.1) is 11.8 Å². The maximum atomic E-state index is 10.2. The summed E-state index contributed by atoms with van der Waals surface area (Å²) in [6.07, 6.45) is 2.17. The fourth-order valence-corrected chi connectivity index (χ4v) is 1.51. The van der Waals surface area contributed by atoms with Gasteiger partial charge in [0.05, 0.1) is 6.54 Å². The van der Waals surface area contributed by atoms with Crippen LogP contribution in [-0.2, 0) is 4.79 Å². The minimum atomic E-state index is -0.803. The molecular formula is C10H22N2O2. The standard InChI is InChI=1S/C10H22N2O2/c1-3-9(5-11)4-8(2)6-12-7-10(13)14/h8-9,12H,3-7,11H2,1-2H3,(H,13,14). The Morgan fingerprint density at radius 3 is 2.64 bits per heavy atom. The van der Waals surface area contributed by atoms with Gasteiger partial charge in [0.2, 0.25) is 0 Å². The summed E-state index contributed by atoms with van der Waals surface area (Å²) in [6, 6.07) is 0. The van der Waals surface area contributed by atoms with Crippen LogP contribution in [0.2, 0.25) is 0 Å². The Kier molecular flexibility index (Phi) is 7.42. The van der Waals surface area contributed by atoms with Crippen molar-refractivity contribution in [2.24, 2.45) is 17.6 Å². The molecule has 0 aliphatic rings. The van der Waals surface area contributed by atoms with Crippen molar-refractivity contribution in [2.75, 3.05) is 19.6 Å². The van der Waals surface area contributed by atoms with E-state index in [1.807, 2.05) is 0 Å². The van der Waals surface area contributed by atoms with Crippen molar-refractivity contribution >= 4 is 5.97 Å². The van der Waals surface area contributed by atoms with Crippen LogP contribution in [0.4, 0.5) is 0 Å². The van der Waals surface area contributed by atoms with Gasteiger partial charge in [-0.05, 0) is 31.3 Å². The molecule has 0 aromatic carbocycles. The summed E-state index contributed by atoms with van der Waals surface area (Å²) >= 11 is 0. The van der Waals surface area contributed by atoms with E-state index in [9.17, 15) is 4.79 Å². The lowest BCUT2D eigenvalue weighted by molar-refractivity contribution is -0.135. The van der Waals surface area contributed by atoms with Gasteiger partial charge in [0.1, 0.15) is 0 Å². The van der Waals surface area contributed by atoms with E-state index in [0.717, 1.165) is 25.9 Å². The molecule has 2 unspecified atom stereocenters. The van der Waals surface area contributed by atoms with Crippen LogP contribution in [0.25, 0.3) is 0 Å². The van der Waals surface area contributed by atoms with Crippen LogP contribution < -0.4 is 11.1 Å². The predicted molar refractivity (Wildman–Crippen MR) is 57.1 cm³/mol. The first-order chi connectivity index (χ1) is 6.60. The minimum Gasteiger partial charge on any atom is -0.480 e. The van der Waals surface area contributed by atoms with Crippen molar-refractivity contribution in [3.63, 3.8) is 0 Å². The van der Waals surface area contributed by atoms with Crippen LogP contribution in [0.15, 0.2) is 0 Å². The average molecular weight is 202 g/mol. The number of nitrogens with two attached hydrogens (primary N) is 1. The fraction of sp³-hybridized carbons (Fsp3) is 0.900. The Labute approximate surface area is 85.9 Å². The Hall–Kier alpha value is -0.610. The molecule has 4 N–H and O–H groups in total. The van der Waals surface area contributed by atoms with Gasteiger partial charge in [0.15, 0.2) is 0 Å². The number of carboxylic acid groups (broad SMARTS) is 1. The summed E-state index contributed by atoms with van der Waals surface area (Å²) in [6.45, 7) is 5.77. The molecule has 84 valence electrons. The smallest absolute Gasteiger partial charge is 0.317 e. The van der Waals surface area contributed by atoms with Crippen LogP contribution in [0.1, 0.15) is 26.7 Å². The predicted octanol–water partition coefficient (Wildman–Crippen LogP) is 0.672. The van der Waals surface area contributed by atoms with Gasteiger partial charge in [0.25, 0.3) is 0 Å². The molecule has 2 atom stereocenters. The second-order valence-electron chi connectivity index (χ2n) is 3.88. The van der Waals surface area contributed by atoms with Crippen molar-refractivity contribution < 1.29 is 9.90 Å². The van der Waals surface area contributed by atoms with Crippen molar-refractivity contribution in [3.8, 4) is 0 Å². The molecule has 0 aliphatic carbocycles. The summed E-state index contributed by atoms with van der Waals surface area (Å²) in [5.41, 5.74) is 5.59. The summed E-state index contributed by atoms with van der Waals surface area (Å²) in [5, 5.41) is 11.3. The molecule has 0 aromatic rings. The minimum absolute atomic E-state index is 0.0454. The maximum Gasteiger partial charge on any atom is 0.317 e. The number of rotatable bonds is 8. The van der Waals surface area contributed by atoms with E-state index in [1.165, 1.54) is 0 Å². The number of aliphatic carboxylic acids is 1. The van der Waals surface area contributed by atoms with E-state index in [1.54, 1.807) is 0 Å². The molecule has 0 heterocycles. The zero-order chi connectivity index (χ0) is 11.0. The van der Waals surface area contributed by atoms with Gasteiger partial charge in [-0.15, -0.1) is 0 Å². The van der Waals surface area contributed by atoms with E-state index >= 15 is 0 Å². The van der Waals surface area contributed by atoms with Gasteiger partial charge in [0, 0.05) is 0 Å². The first kappa shape index (κ1) is 13.4. The van der Waals surface area contributed by atoms with Crippen LogP contribution >= 0.6 is 0 Å². The Balaban J connectivity index is 3.53. The highest BCUT2D eigenvalue weighted by Crippen LogP contribution is 2.13. The fourth-order valence-electron chi connectivity index (χ4n) is 1.51. The summed E-state index contributed by atoms with van der Waals surface area (Å²) < 4.78 is 0. The lowest BCUT2D eigenvalue weighted by Gasteiger charge is -2.17. The number of carbonyl (C=O) groups is 1. The van der Waals surface area contributed by atoms with Crippen LogP contribution in [0.5, 0.6) is 0 Å². The second-order valence-corrected chi connectivity index (χ2v) is 3.88. The summed E-state index contributed by atoms with van der Waals surface area (Å²) in [7, 11) is 0. The molecule has 0 radical (unpaired) electrons. The quantitative estimate of drug-likeness (QED) is 0.541. The third kappa shape index (κ3) is 6.86. The molecule has 0 saturated heterocycles. The van der Waals surface area contributed by atoms with Gasteiger partial charge < -0.3 is 16.2 Å². The molecule has 0 amide bonds. The summed E-state index contributed by atoms with van der Waals surface area (Å²) in [5.74, 6) is 0.252. The molecule has 0 rings (SSSR count). The molecule has 0 saturated carbocycles. The van der Waals surface area contributed by atoms with Crippen LogP contribution in [-0.4, -0.2) is 30.7 Å². The molecule has 4 heteroatoms. The summed E-state index contributed by atoms with van der Waals surface area (Å²) in [4.78, 5) is 10.2. The molecule has 4 nitrogen and oxygen atoms in total. The third-order valence-electron chi connectivity index (χ3n) is 2.42. The first-order valence-electron chi connectivity index (χ1n) is 5.22. The molecule has 0 spiro atoms. The van der Waals surface area contributed by atoms with Crippen molar-refractivity contribution in [2.45, 2.75) is 26.7 Å².